The van der Waals surface area contributed by atoms with E-state index in [1.165, 1.54) is 5.56 Å². The van der Waals surface area contributed by atoms with Gasteiger partial charge in [-0.15, -0.1) is 0 Å². The maximum absolute atomic E-state index is 6.18. The molecule has 0 unspecified atom stereocenters. The predicted molar refractivity (Wildman–Crippen MR) is 87.5 cm³/mol. The van der Waals surface area contributed by atoms with Crippen molar-refractivity contribution in [2.75, 3.05) is 0 Å². The second kappa shape index (κ2) is 7.68. The van der Waals surface area contributed by atoms with Crippen LogP contribution in [0.25, 0.3) is 0 Å². The lowest BCUT2D eigenvalue weighted by Gasteiger charge is -2.15. The fraction of sp³-hybridized carbons (Fsp3) is 0.294. The van der Waals surface area contributed by atoms with Crippen molar-refractivity contribution in [1.29, 1.82) is 0 Å². The van der Waals surface area contributed by atoms with Crippen LogP contribution in [-0.2, 0) is 13.0 Å². The van der Waals surface area contributed by atoms with Crippen LogP contribution in [0.15, 0.2) is 48.5 Å². The zero-order chi connectivity index (χ0) is 14.4. The lowest BCUT2D eigenvalue weighted by molar-refractivity contribution is 0.514. The summed E-state index contributed by atoms with van der Waals surface area (Å²) in [6.45, 7) is 2.94. The number of nitrogens with one attached hydrogen (secondary N) is 1. The van der Waals surface area contributed by atoms with Crippen LogP contribution >= 0.6 is 23.2 Å². The first-order chi connectivity index (χ1) is 9.66. The molecular weight excluding hydrogens is 289 g/mol. The molecule has 0 radical (unpaired) electrons. The highest BCUT2D eigenvalue weighted by Crippen LogP contribution is 2.25. The Bertz CT molecular complexity index is 540. The van der Waals surface area contributed by atoms with E-state index in [9.17, 15) is 0 Å². The van der Waals surface area contributed by atoms with E-state index in [1.54, 1.807) is 0 Å². The van der Waals surface area contributed by atoms with Gasteiger partial charge in [0, 0.05) is 12.6 Å². The molecule has 2 aromatic carbocycles. The Morgan fingerprint density at radius 2 is 1.75 bits per heavy atom. The van der Waals surface area contributed by atoms with Crippen molar-refractivity contribution in [1.82, 2.24) is 5.32 Å². The van der Waals surface area contributed by atoms with Crippen LogP contribution in [0.5, 0.6) is 0 Å². The van der Waals surface area contributed by atoms with Gasteiger partial charge < -0.3 is 5.32 Å². The third-order valence-corrected chi connectivity index (χ3v) is 4.24. The minimum absolute atomic E-state index is 0.435. The Kier molecular flexibility index (Phi) is 5.90. The number of hydrogen-bond donors (Lipinski definition) is 1. The van der Waals surface area contributed by atoms with E-state index in [2.05, 4.69) is 36.5 Å². The number of benzene rings is 2. The van der Waals surface area contributed by atoms with E-state index in [0.29, 0.717) is 16.1 Å². The molecule has 0 bridgehead atoms. The number of rotatable bonds is 6. The number of hydrogen-bond acceptors (Lipinski definition) is 1. The molecular formula is C17H19Cl2N. The maximum Gasteiger partial charge on any atom is 0.0637 e. The molecule has 0 aliphatic carbocycles. The minimum atomic E-state index is 0.435. The molecule has 3 heteroatoms. The summed E-state index contributed by atoms with van der Waals surface area (Å²) in [5.74, 6) is 0. The highest BCUT2D eigenvalue weighted by atomic mass is 35.5. The molecule has 0 aromatic heterocycles. The van der Waals surface area contributed by atoms with Crippen LogP contribution in [0.1, 0.15) is 24.5 Å². The third kappa shape index (κ3) is 4.52. The molecule has 0 aliphatic rings. The molecule has 0 spiro atoms. The third-order valence-electron chi connectivity index (χ3n) is 3.38. The van der Waals surface area contributed by atoms with Gasteiger partial charge in [0.15, 0.2) is 0 Å². The first-order valence-corrected chi connectivity index (χ1v) is 7.62. The summed E-state index contributed by atoms with van der Waals surface area (Å²) in [5, 5.41) is 4.76. The van der Waals surface area contributed by atoms with Crippen molar-refractivity contribution in [3.63, 3.8) is 0 Å². The second-order valence-electron chi connectivity index (χ2n) is 5.02. The van der Waals surface area contributed by atoms with Gasteiger partial charge in [0.05, 0.1) is 10.0 Å². The van der Waals surface area contributed by atoms with Gasteiger partial charge in [-0.2, -0.15) is 0 Å². The first-order valence-electron chi connectivity index (χ1n) is 6.87. The lowest BCUT2D eigenvalue weighted by Crippen LogP contribution is -2.26. The van der Waals surface area contributed by atoms with Gasteiger partial charge >= 0.3 is 0 Å². The van der Waals surface area contributed by atoms with Crippen LogP contribution in [-0.4, -0.2) is 6.04 Å². The Hall–Kier alpha value is -1.02. The smallest absolute Gasteiger partial charge is 0.0637 e. The van der Waals surface area contributed by atoms with Crippen LogP contribution in [0.3, 0.4) is 0 Å². The quantitative estimate of drug-likeness (QED) is 0.782. The van der Waals surface area contributed by atoms with Gasteiger partial charge in [0.25, 0.3) is 0 Å². The van der Waals surface area contributed by atoms with E-state index in [-0.39, 0.29) is 0 Å². The van der Waals surface area contributed by atoms with E-state index in [0.717, 1.165) is 24.9 Å². The average molecular weight is 308 g/mol. The Morgan fingerprint density at radius 1 is 1.00 bits per heavy atom. The van der Waals surface area contributed by atoms with Crippen molar-refractivity contribution >= 4 is 23.2 Å². The van der Waals surface area contributed by atoms with E-state index in [1.807, 2.05) is 24.3 Å². The molecule has 0 saturated heterocycles. The molecule has 0 aliphatic heterocycles. The SMILES string of the molecule is C[C@@H](CCc1ccccc1)NCc1cccc(Cl)c1Cl. The van der Waals surface area contributed by atoms with Gasteiger partial charge in [-0.1, -0.05) is 65.7 Å². The molecule has 1 N–H and O–H groups in total. The van der Waals surface area contributed by atoms with Crippen molar-refractivity contribution in [2.45, 2.75) is 32.4 Å². The van der Waals surface area contributed by atoms with Crippen molar-refractivity contribution < 1.29 is 0 Å². The average Bonchev–Trinajstić information content (AvgIpc) is 2.48. The van der Waals surface area contributed by atoms with Crippen LogP contribution < -0.4 is 5.32 Å². The summed E-state index contributed by atoms with van der Waals surface area (Å²) in [6, 6.07) is 16.7. The van der Waals surface area contributed by atoms with Gasteiger partial charge in [-0.3, -0.25) is 0 Å². The monoisotopic (exact) mass is 307 g/mol. The van der Waals surface area contributed by atoms with E-state index >= 15 is 0 Å². The molecule has 0 fully saturated rings. The topological polar surface area (TPSA) is 12.0 Å². The molecule has 106 valence electrons. The Labute approximate surface area is 130 Å². The number of halogens is 2. The fourth-order valence-corrected chi connectivity index (χ4v) is 2.49. The molecule has 2 aromatic rings. The lowest BCUT2D eigenvalue weighted by atomic mass is 10.1. The molecule has 2 rings (SSSR count). The summed E-state index contributed by atoms with van der Waals surface area (Å²) in [4.78, 5) is 0. The second-order valence-corrected chi connectivity index (χ2v) is 5.80. The summed E-state index contributed by atoms with van der Waals surface area (Å²) >= 11 is 12.2. The summed E-state index contributed by atoms with van der Waals surface area (Å²) in [7, 11) is 0. The molecule has 1 atom stereocenters. The zero-order valence-corrected chi connectivity index (χ0v) is 13.1. The van der Waals surface area contributed by atoms with Gasteiger partial charge in [-0.25, -0.2) is 0 Å². The Balaban J connectivity index is 1.80. The highest BCUT2D eigenvalue weighted by Gasteiger charge is 2.06. The van der Waals surface area contributed by atoms with Crippen LogP contribution in [0.2, 0.25) is 10.0 Å². The molecule has 20 heavy (non-hydrogen) atoms. The predicted octanol–water partition coefficient (Wildman–Crippen LogP) is 5.10. The summed E-state index contributed by atoms with van der Waals surface area (Å²) in [5.41, 5.74) is 2.42. The van der Waals surface area contributed by atoms with E-state index < -0.39 is 0 Å². The van der Waals surface area contributed by atoms with Gasteiger partial charge in [0.2, 0.25) is 0 Å². The zero-order valence-electron chi connectivity index (χ0n) is 11.6. The molecule has 0 saturated carbocycles. The molecule has 0 heterocycles. The van der Waals surface area contributed by atoms with Crippen LogP contribution in [0.4, 0.5) is 0 Å². The summed E-state index contributed by atoms with van der Waals surface area (Å²) in [6.07, 6.45) is 2.18. The van der Waals surface area contributed by atoms with Crippen molar-refractivity contribution in [3.05, 3.63) is 69.7 Å². The van der Waals surface area contributed by atoms with Crippen molar-refractivity contribution in [2.24, 2.45) is 0 Å². The number of aryl methyl sites for hydroxylation is 1. The minimum Gasteiger partial charge on any atom is -0.310 e. The summed E-state index contributed by atoms with van der Waals surface area (Å²) < 4.78 is 0. The normalized spacial score (nSPS) is 12.3. The van der Waals surface area contributed by atoms with E-state index in [4.69, 9.17) is 23.2 Å². The highest BCUT2D eigenvalue weighted by molar-refractivity contribution is 6.42. The molecule has 0 amide bonds. The maximum atomic E-state index is 6.18. The van der Waals surface area contributed by atoms with Gasteiger partial charge in [-0.05, 0) is 37.0 Å². The van der Waals surface area contributed by atoms with Gasteiger partial charge in [0.1, 0.15) is 0 Å². The largest absolute Gasteiger partial charge is 0.310 e. The first kappa shape index (κ1) is 15.4. The molecule has 1 nitrogen and oxygen atoms in total. The fourth-order valence-electron chi connectivity index (χ4n) is 2.10. The van der Waals surface area contributed by atoms with Crippen LogP contribution in [0, 0.1) is 0 Å². The standard InChI is InChI=1S/C17H19Cl2N/c1-13(10-11-14-6-3-2-4-7-14)20-12-15-8-5-9-16(18)17(15)19/h2-9,13,20H,10-12H2,1H3/t13-/m0/s1. The van der Waals surface area contributed by atoms with Crippen molar-refractivity contribution in [3.8, 4) is 0 Å². The Morgan fingerprint density at radius 3 is 2.50 bits per heavy atom.